The first-order valence-electron chi connectivity index (χ1n) is 6.10. The molecule has 0 spiro atoms. The number of phenolic OH excluding ortho intramolecular Hbond substituents is 2. The predicted octanol–water partition coefficient (Wildman–Crippen LogP) is 0.805. The predicted molar refractivity (Wildman–Crippen MR) is 75.9 cm³/mol. The average Bonchev–Trinajstić information content (AvgIpc) is 2.47. The minimum absolute atomic E-state index is 0. The third kappa shape index (κ3) is 2.85. The highest BCUT2D eigenvalue weighted by molar-refractivity contribution is 5.86. The highest BCUT2D eigenvalue weighted by Crippen LogP contribution is 2.33. The molecular formula is C16H13ClO4. The maximum absolute atomic E-state index is 9.91. The second kappa shape index (κ2) is 5.89. The summed E-state index contributed by atoms with van der Waals surface area (Å²) < 4.78 is 10.9. The van der Waals surface area contributed by atoms with Crippen molar-refractivity contribution in [2.24, 2.45) is 0 Å². The number of phenols is 2. The molecule has 0 amide bonds. The van der Waals surface area contributed by atoms with Crippen LogP contribution < -0.4 is 17.1 Å². The topological polar surface area (TPSA) is 61.0 Å². The Hall–Kier alpha value is -2.46. The zero-order valence-electron chi connectivity index (χ0n) is 11.2. The minimum Gasteiger partial charge on any atom is -1.00 e. The van der Waals surface area contributed by atoms with E-state index in [-0.39, 0.29) is 23.9 Å². The summed E-state index contributed by atoms with van der Waals surface area (Å²) in [4.78, 5) is 0. The first kappa shape index (κ1) is 14.9. The van der Waals surface area contributed by atoms with Crippen molar-refractivity contribution in [2.45, 2.75) is 0 Å². The summed E-state index contributed by atoms with van der Waals surface area (Å²) in [5, 5.41) is 19.8. The zero-order chi connectivity index (χ0) is 14.1. The normalized spacial score (nSPS) is 10.1. The molecule has 4 nitrogen and oxygen atoms in total. The van der Waals surface area contributed by atoms with Crippen LogP contribution >= 0.6 is 0 Å². The number of methoxy groups -OCH3 is 1. The monoisotopic (exact) mass is 304 g/mol. The van der Waals surface area contributed by atoms with E-state index in [4.69, 9.17) is 9.15 Å². The van der Waals surface area contributed by atoms with Crippen LogP contribution in [0.1, 0.15) is 0 Å². The fourth-order valence-corrected chi connectivity index (χ4v) is 2.05. The van der Waals surface area contributed by atoms with Crippen molar-refractivity contribution in [3.8, 4) is 28.6 Å². The van der Waals surface area contributed by atoms with Gasteiger partial charge in [0.15, 0.2) is 0 Å². The van der Waals surface area contributed by atoms with E-state index in [0.717, 1.165) is 5.56 Å². The molecule has 1 aromatic heterocycles. The van der Waals surface area contributed by atoms with Gasteiger partial charge in [-0.2, -0.15) is 0 Å². The number of hydrogen-bond acceptors (Lipinski definition) is 3. The molecular weight excluding hydrogens is 292 g/mol. The molecule has 3 aromatic rings. The van der Waals surface area contributed by atoms with Gasteiger partial charge in [-0.05, 0) is 30.3 Å². The summed E-state index contributed by atoms with van der Waals surface area (Å²) in [5.41, 5.74) is 1.37. The number of aromatic hydroxyl groups is 2. The molecule has 1 heterocycles. The van der Waals surface area contributed by atoms with Crippen molar-refractivity contribution in [3.05, 3.63) is 48.5 Å². The quantitative estimate of drug-likeness (QED) is 0.688. The molecule has 0 saturated heterocycles. The molecule has 5 heteroatoms. The maximum Gasteiger partial charge on any atom is 0.368 e. The zero-order valence-corrected chi connectivity index (χ0v) is 12.0. The van der Waals surface area contributed by atoms with Crippen molar-refractivity contribution in [1.82, 2.24) is 0 Å². The fourth-order valence-electron chi connectivity index (χ4n) is 2.05. The van der Waals surface area contributed by atoms with Gasteiger partial charge in [-0.3, -0.25) is 0 Å². The average molecular weight is 305 g/mol. The lowest BCUT2D eigenvalue weighted by Crippen LogP contribution is -3.00. The number of ether oxygens (including phenoxy) is 1. The molecule has 3 rings (SSSR count). The summed E-state index contributed by atoms with van der Waals surface area (Å²) in [6.07, 6.45) is 0. The van der Waals surface area contributed by atoms with Gasteiger partial charge in [-0.1, -0.05) is 0 Å². The van der Waals surface area contributed by atoms with Gasteiger partial charge in [-0.15, -0.1) is 0 Å². The van der Waals surface area contributed by atoms with Gasteiger partial charge in [0.2, 0.25) is 0 Å². The lowest BCUT2D eigenvalue weighted by atomic mass is 10.1. The summed E-state index contributed by atoms with van der Waals surface area (Å²) >= 11 is 0. The molecule has 0 fully saturated rings. The van der Waals surface area contributed by atoms with Crippen LogP contribution in [0.25, 0.3) is 22.3 Å². The minimum atomic E-state index is 0. The summed E-state index contributed by atoms with van der Waals surface area (Å²) in [6.45, 7) is 0. The van der Waals surface area contributed by atoms with Gasteiger partial charge >= 0.3 is 11.3 Å². The van der Waals surface area contributed by atoms with Crippen LogP contribution in [0.2, 0.25) is 0 Å². The van der Waals surface area contributed by atoms with Gasteiger partial charge < -0.3 is 27.4 Å². The van der Waals surface area contributed by atoms with Crippen molar-refractivity contribution in [1.29, 1.82) is 0 Å². The third-order valence-electron chi connectivity index (χ3n) is 3.10. The summed E-state index contributed by atoms with van der Waals surface area (Å²) in [5.74, 6) is 1.49. The van der Waals surface area contributed by atoms with E-state index in [2.05, 4.69) is 0 Å². The fraction of sp³-hybridized carbons (Fsp3) is 0.0625. The Bertz CT molecular complexity index is 769. The largest absolute Gasteiger partial charge is 1.00 e. The van der Waals surface area contributed by atoms with Crippen LogP contribution in [-0.4, -0.2) is 17.3 Å². The molecule has 2 N–H and O–H groups in total. The molecule has 0 aliphatic heterocycles. The first-order chi connectivity index (χ1) is 9.67. The van der Waals surface area contributed by atoms with Crippen LogP contribution in [-0.2, 0) is 0 Å². The highest BCUT2D eigenvalue weighted by Gasteiger charge is 2.18. The second-order valence-corrected chi connectivity index (χ2v) is 4.40. The lowest BCUT2D eigenvalue weighted by molar-refractivity contribution is -0.00000689. The van der Waals surface area contributed by atoms with Gasteiger partial charge in [0.05, 0.1) is 18.7 Å². The van der Waals surface area contributed by atoms with Crippen LogP contribution in [0, 0.1) is 0 Å². The molecule has 0 radical (unpaired) electrons. The van der Waals surface area contributed by atoms with E-state index in [1.165, 1.54) is 13.2 Å². The number of benzene rings is 2. The van der Waals surface area contributed by atoms with Crippen LogP contribution in [0.4, 0.5) is 0 Å². The maximum atomic E-state index is 9.91. The van der Waals surface area contributed by atoms with Crippen LogP contribution in [0.3, 0.4) is 0 Å². The molecule has 2 aromatic carbocycles. The van der Waals surface area contributed by atoms with Crippen molar-refractivity contribution in [2.75, 3.05) is 7.11 Å². The first-order valence-corrected chi connectivity index (χ1v) is 6.10. The standard InChI is InChI=1S/C16H12O4.ClH/c1-19-12-8-14(18)13-6-7-15(20-16(13)9-12)10-2-4-11(17)5-3-10;/h2-9H,1H3,(H-,17,18);1H. The lowest BCUT2D eigenvalue weighted by Gasteiger charge is -2.00. The molecule has 0 saturated carbocycles. The second-order valence-electron chi connectivity index (χ2n) is 4.40. The molecule has 0 unspecified atom stereocenters. The van der Waals surface area contributed by atoms with Gasteiger partial charge in [-0.25, -0.2) is 4.42 Å². The van der Waals surface area contributed by atoms with E-state index in [9.17, 15) is 10.2 Å². The summed E-state index contributed by atoms with van der Waals surface area (Å²) in [6, 6.07) is 13.5. The Kier molecular flexibility index (Phi) is 4.19. The van der Waals surface area contributed by atoms with E-state index >= 15 is 0 Å². The molecule has 0 aliphatic rings. The third-order valence-corrected chi connectivity index (χ3v) is 3.10. The highest BCUT2D eigenvalue weighted by atomic mass is 35.5. The van der Waals surface area contributed by atoms with Crippen molar-refractivity contribution >= 4 is 11.0 Å². The van der Waals surface area contributed by atoms with Crippen LogP contribution in [0.5, 0.6) is 17.2 Å². The van der Waals surface area contributed by atoms with Gasteiger partial charge in [0.1, 0.15) is 22.6 Å². The Morgan fingerprint density at radius 1 is 0.952 bits per heavy atom. The van der Waals surface area contributed by atoms with Crippen molar-refractivity contribution < 1.29 is 31.8 Å². The SMILES string of the molecule is COc1cc(O)c2ccc(-c3ccc(O)cc3)[o+]c2c1.[Cl-]. The Balaban J connectivity index is 0.00000161. The van der Waals surface area contributed by atoms with E-state index < -0.39 is 0 Å². The number of fused-ring (bicyclic) bond motifs is 1. The molecule has 108 valence electrons. The summed E-state index contributed by atoms with van der Waals surface area (Å²) in [7, 11) is 1.53. The smallest absolute Gasteiger partial charge is 0.368 e. The van der Waals surface area contributed by atoms with E-state index in [1.807, 2.05) is 0 Å². The van der Waals surface area contributed by atoms with Gasteiger partial charge in [0, 0.05) is 12.1 Å². The number of halogens is 1. The Morgan fingerprint density at radius 2 is 1.67 bits per heavy atom. The van der Waals surface area contributed by atoms with Gasteiger partial charge in [0.25, 0.3) is 0 Å². The van der Waals surface area contributed by atoms with Crippen molar-refractivity contribution in [3.63, 3.8) is 0 Å². The van der Waals surface area contributed by atoms with Crippen LogP contribution in [0.15, 0.2) is 52.9 Å². The molecule has 21 heavy (non-hydrogen) atoms. The van der Waals surface area contributed by atoms with E-state index in [1.54, 1.807) is 42.5 Å². The molecule has 0 aliphatic carbocycles. The number of hydrogen-bond donors (Lipinski definition) is 2. The Labute approximate surface area is 127 Å². The van der Waals surface area contributed by atoms with E-state index in [0.29, 0.717) is 22.5 Å². The Morgan fingerprint density at radius 3 is 2.33 bits per heavy atom. The number of rotatable bonds is 2. The molecule has 0 bridgehead atoms. The molecule has 0 atom stereocenters.